The molecule has 3 N–H and O–H groups in total. The van der Waals surface area contributed by atoms with Gasteiger partial charge in [-0.1, -0.05) is 17.7 Å². The van der Waals surface area contributed by atoms with Gasteiger partial charge in [0.05, 0.1) is 17.3 Å². The Hall–Kier alpha value is -3.16. The summed E-state index contributed by atoms with van der Waals surface area (Å²) in [4.78, 5) is 44.3. The Morgan fingerprint density at radius 1 is 1.10 bits per heavy atom. The first-order valence-electron chi connectivity index (χ1n) is 10.6. The van der Waals surface area contributed by atoms with Crippen LogP contribution in [0.15, 0.2) is 30.6 Å². The van der Waals surface area contributed by atoms with E-state index >= 15 is 0 Å². The molecule has 162 valence electrons. The minimum Gasteiger partial charge on any atom is -0.455 e. The van der Waals surface area contributed by atoms with Crippen molar-refractivity contribution in [1.29, 1.82) is 0 Å². The average Bonchev–Trinajstić information content (AvgIpc) is 3.15. The van der Waals surface area contributed by atoms with Gasteiger partial charge in [0.2, 0.25) is 0 Å². The second-order valence-corrected chi connectivity index (χ2v) is 9.52. The van der Waals surface area contributed by atoms with E-state index in [1.54, 1.807) is 12.1 Å². The maximum atomic E-state index is 13.3. The SMILES string of the molecule is Cc1ccc(C(=O)OC23CC4CC(C2)CC(C(=O)Oc2nc[nH]c2C(N)=O)(C4)C3)cc1. The van der Waals surface area contributed by atoms with Crippen LogP contribution in [-0.4, -0.2) is 33.4 Å². The number of carbonyl (C=O) groups is 3. The van der Waals surface area contributed by atoms with Crippen molar-refractivity contribution in [2.45, 2.75) is 51.0 Å². The number of aromatic amines is 1. The summed E-state index contributed by atoms with van der Waals surface area (Å²) in [6, 6.07) is 7.31. The van der Waals surface area contributed by atoms with Gasteiger partial charge >= 0.3 is 11.9 Å². The number of primary amides is 1. The lowest BCUT2D eigenvalue weighted by Gasteiger charge is -2.59. The fourth-order valence-corrected chi connectivity index (χ4v) is 6.21. The number of H-pyrrole nitrogens is 1. The average molecular weight is 423 g/mol. The zero-order chi connectivity index (χ0) is 21.8. The predicted octanol–water partition coefficient (Wildman–Crippen LogP) is 2.92. The van der Waals surface area contributed by atoms with E-state index in [4.69, 9.17) is 15.2 Å². The van der Waals surface area contributed by atoms with Gasteiger partial charge in [0.1, 0.15) is 5.60 Å². The highest BCUT2D eigenvalue weighted by Crippen LogP contribution is 2.63. The summed E-state index contributed by atoms with van der Waals surface area (Å²) in [5.41, 5.74) is 5.47. The summed E-state index contributed by atoms with van der Waals surface area (Å²) < 4.78 is 11.7. The lowest BCUT2D eigenvalue weighted by molar-refractivity contribution is -0.190. The van der Waals surface area contributed by atoms with E-state index in [-0.39, 0.29) is 17.5 Å². The normalized spacial score (nSPS) is 30.7. The second-order valence-electron chi connectivity index (χ2n) is 9.52. The molecule has 8 nitrogen and oxygen atoms in total. The molecule has 2 unspecified atom stereocenters. The Labute approximate surface area is 179 Å². The summed E-state index contributed by atoms with van der Waals surface area (Å²) in [6.07, 6.45) is 5.67. The fraction of sp³-hybridized carbons (Fsp3) is 0.478. The van der Waals surface area contributed by atoms with Gasteiger partial charge in [0.15, 0.2) is 5.69 Å². The van der Waals surface area contributed by atoms with Crippen LogP contribution in [0, 0.1) is 24.2 Å². The molecule has 0 saturated heterocycles. The summed E-state index contributed by atoms with van der Waals surface area (Å²) in [5.74, 6) is -1.02. The van der Waals surface area contributed by atoms with Crippen molar-refractivity contribution in [3.8, 4) is 5.88 Å². The third kappa shape index (κ3) is 3.40. The van der Waals surface area contributed by atoms with Gasteiger partial charge in [-0.3, -0.25) is 9.59 Å². The molecule has 8 heteroatoms. The highest BCUT2D eigenvalue weighted by Gasteiger charge is 2.63. The molecule has 4 aliphatic carbocycles. The molecule has 1 aromatic heterocycles. The maximum absolute atomic E-state index is 13.3. The zero-order valence-corrected chi connectivity index (χ0v) is 17.3. The van der Waals surface area contributed by atoms with E-state index in [0.717, 1.165) is 24.8 Å². The number of hydrogen-bond acceptors (Lipinski definition) is 6. The number of aryl methyl sites for hydroxylation is 1. The van der Waals surface area contributed by atoms with E-state index in [1.807, 2.05) is 19.1 Å². The molecule has 6 rings (SSSR count). The van der Waals surface area contributed by atoms with E-state index in [2.05, 4.69) is 9.97 Å². The lowest BCUT2D eigenvalue weighted by Crippen LogP contribution is -2.60. The van der Waals surface area contributed by atoms with Crippen LogP contribution < -0.4 is 10.5 Å². The highest BCUT2D eigenvalue weighted by molar-refractivity contribution is 5.94. The Balaban J connectivity index is 1.39. The molecule has 2 atom stereocenters. The second kappa shape index (κ2) is 6.93. The Bertz CT molecular complexity index is 1040. The molecule has 1 heterocycles. The van der Waals surface area contributed by atoms with Gasteiger partial charge < -0.3 is 20.2 Å². The van der Waals surface area contributed by atoms with E-state index in [1.165, 1.54) is 6.33 Å². The van der Waals surface area contributed by atoms with E-state index < -0.39 is 22.9 Å². The maximum Gasteiger partial charge on any atom is 0.338 e. The molecule has 31 heavy (non-hydrogen) atoms. The monoisotopic (exact) mass is 423 g/mol. The van der Waals surface area contributed by atoms with Crippen molar-refractivity contribution < 1.29 is 23.9 Å². The number of imidazole rings is 1. The van der Waals surface area contributed by atoms with Crippen LogP contribution in [0.1, 0.15) is 64.9 Å². The van der Waals surface area contributed by atoms with Crippen LogP contribution >= 0.6 is 0 Å². The highest BCUT2D eigenvalue weighted by atomic mass is 16.6. The predicted molar refractivity (Wildman–Crippen MR) is 109 cm³/mol. The lowest BCUT2D eigenvalue weighted by atomic mass is 9.48. The third-order valence-electron chi connectivity index (χ3n) is 7.08. The van der Waals surface area contributed by atoms with Crippen LogP contribution in [0.3, 0.4) is 0 Å². The number of nitrogens with zero attached hydrogens (tertiary/aromatic N) is 1. The molecule has 0 radical (unpaired) electrons. The minimum absolute atomic E-state index is 0.0291. The van der Waals surface area contributed by atoms with Gasteiger partial charge in [-0.05, 0) is 63.0 Å². The van der Waals surface area contributed by atoms with Crippen LogP contribution in [0.4, 0.5) is 0 Å². The molecule has 1 amide bonds. The molecule has 4 fully saturated rings. The van der Waals surface area contributed by atoms with Crippen molar-refractivity contribution in [3.63, 3.8) is 0 Å². The number of rotatable bonds is 5. The number of hydrogen-bond donors (Lipinski definition) is 2. The number of aromatic nitrogens is 2. The number of esters is 2. The zero-order valence-electron chi connectivity index (χ0n) is 17.3. The molecular formula is C23H25N3O5. The number of amides is 1. The van der Waals surface area contributed by atoms with Gasteiger partial charge in [0.25, 0.3) is 11.8 Å². The van der Waals surface area contributed by atoms with Gasteiger partial charge in [-0.15, -0.1) is 0 Å². The van der Waals surface area contributed by atoms with E-state index in [9.17, 15) is 14.4 Å². The standard InChI is InChI=1S/C23H25N3O5/c1-13-2-4-16(5-3-13)20(28)31-23-9-14-6-15(10-23)8-22(7-14,11-23)21(29)30-19-17(18(24)27)25-12-26-19/h2-5,12,14-15H,6-11H2,1H3,(H2,24,27)(H,25,26). The molecule has 1 aromatic carbocycles. The van der Waals surface area contributed by atoms with Gasteiger partial charge in [-0.25, -0.2) is 9.78 Å². The molecule has 4 aliphatic rings. The third-order valence-corrected chi connectivity index (χ3v) is 7.08. The molecule has 0 spiro atoms. The van der Waals surface area contributed by atoms with Crippen molar-refractivity contribution in [3.05, 3.63) is 47.4 Å². The fourth-order valence-electron chi connectivity index (χ4n) is 6.21. The summed E-state index contributed by atoms with van der Waals surface area (Å²) >= 11 is 0. The van der Waals surface area contributed by atoms with E-state index in [0.29, 0.717) is 36.7 Å². The number of carbonyl (C=O) groups excluding carboxylic acids is 3. The Kier molecular flexibility index (Phi) is 4.42. The number of ether oxygens (including phenoxy) is 2. The quantitative estimate of drug-likeness (QED) is 0.713. The van der Waals surface area contributed by atoms with Gasteiger partial charge in [-0.2, -0.15) is 0 Å². The van der Waals surface area contributed by atoms with Crippen molar-refractivity contribution in [1.82, 2.24) is 9.97 Å². The molecule has 0 aliphatic heterocycles. The summed E-state index contributed by atoms with van der Waals surface area (Å²) in [5, 5.41) is 0. The largest absolute Gasteiger partial charge is 0.455 e. The van der Waals surface area contributed by atoms with Crippen LogP contribution in [0.2, 0.25) is 0 Å². The van der Waals surface area contributed by atoms with Crippen LogP contribution in [0.5, 0.6) is 5.88 Å². The minimum atomic E-state index is -0.745. The number of benzene rings is 1. The Morgan fingerprint density at radius 2 is 1.77 bits per heavy atom. The van der Waals surface area contributed by atoms with Crippen LogP contribution in [-0.2, 0) is 9.53 Å². The van der Waals surface area contributed by atoms with Crippen LogP contribution in [0.25, 0.3) is 0 Å². The van der Waals surface area contributed by atoms with Gasteiger partial charge in [0, 0.05) is 6.42 Å². The summed E-state index contributed by atoms with van der Waals surface area (Å²) in [7, 11) is 0. The first-order chi connectivity index (χ1) is 14.8. The molecule has 4 saturated carbocycles. The molecule has 4 bridgehead atoms. The topological polar surface area (TPSA) is 124 Å². The number of nitrogens with one attached hydrogen (secondary N) is 1. The summed E-state index contributed by atoms with van der Waals surface area (Å²) in [6.45, 7) is 1.96. The first-order valence-corrected chi connectivity index (χ1v) is 10.6. The van der Waals surface area contributed by atoms with Crippen molar-refractivity contribution in [2.75, 3.05) is 0 Å². The van der Waals surface area contributed by atoms with Crippen molar-refractivity contribution in [2.24, 2.45) is 23.0 Å². The molecular weight excluding hydrogens is 398 g/mol. The van der Waals surface area contributed by atoms with Crippen molar-refractivity contribution >= 4 is 17.8 Å². The Morgan fingerprint density at radius 3 is 2.42 bits per heavy atom. The first kappa shape index (κ1) is 19.8. The molecule has 2 aromatic rings. The number of nitrogens with two attached hydrogens (primary N) is 1. The smallest absolute Gasteiger partial charge is 0.338 e.